The molecule has 3 rings (SSSR count). The molecule has 4 N–H and O–H groups in total. The number of amidine groups is 1. The highest BCUT2D eigenvalue weighted by atomic mass is 32.2. The van der Waals surface area contributed by atoms with Crippen molar-refractivity contribution in [2.75, 3.05) is 11.8 Å². The molecule has 8 heteroatoms. The molecule has 0 spiro atoms. The van der Waals surface area contributed by atoms with Gasteiger partial charge in [0.2, 0.25) is 0 Å². The SMILES string of the molecule is COc1ccccc1S(=O)(=O)Nc1ccc(C)cc1Oc1cccc(C(=N)N)c1. The Hall–Kier alpha value is -3.52. The number of hydrogen-bond donors (Lipinski definition) is 3. The van der Waals surface area contributed by atoms with E-state index < -0.39 is 10.0 Å². The van der Waals surface area contributed by atoms with Crippen LogP contribution in [0.5, 0.6) is 17.2 Å². The maximum absolute atomic E-state index is 12.9. The Labute approximate surface area is 169 Å². The topological polar surface area (TPSA) is 115 Å². The Morgan fingerprint density at radius 2 is 1.76 bits per heavy atom. The standard InChI is InChI=1S/C21H21N3O4S/c1-14-10-11-17(24-29(25,26)20-9-4-3-8-18(20)27-2)19(12-14)28-16-7-5-6-15(13-16)21(22)23/h3-13,24H,1-2H3,(H3,22,23). The average molecular weight is 411 g/mol. The van der Waals surface area contributed by atoms with Crippen molar-refractivity contribution in [1.29, 1.82) is 5.41 Å². The van der Waals surface area contributed by atoms with Crippen molar-refractivity contribution in [3.63, 3.8) is 0 Å². The maximum atomic E-state index is 12.9. The number of hydrogen-bond acceptors (Lipinski definition) is 5. The smallest absolute Gasteiger partial charge is 0.265 e. The van der Waals surface area contributed by atoms with Crippen molar-refractivity contribution in [2.45, 2.75) is 11.8 Å². The lowest BCUT2D eigenvalue weighted by Gasteiger charge is -2.16. The molecule has 0 fully saturated rings. The number of para-hydroxylation sites is 1. The number of nitrogen functional groups attached to an aromatic ring is 1. The number of aryl methyl sites for hydroxylation is 1. The molecule has 0 aliphatic carbocycles. The monoisotopic (exact) mass is 411 g/mol. The lowest BCUT2D eigenvalue weighted by molar-refractivity contribution is 0.403. The first-order valence-corrected chi connectivity index (χ1v) is 10.2. The van der Waals surface area contributed by atoms with Crippen LogP contribution < -0.4 is 19.9 Å². The van der Waals surface area contributed by atoms with Crippen molar-refractivity contribution in [3.05, 3.63) is 77.9 Å². The number of sulfonamides is 1. The molecule has 0 radical (unpaired) electrons. The zero-order valence-corrected chi connectivity index (χ0v) is 16.8. The van der Waals surface area contributed by atoms with Crippen molar-refractivity contribution in [1.82, 2.24) is 0 Å². The fourth-order valence-corrected chi connectivity index (χ4v) is 3.94. The van der Waals surface area contributed by atoms with Crippen LogP contribution in [0.25, 0.3) is 0 Å². The van der Waals surface area contributed by atoms with E-state index in [0.29, 0.717) is 17.1 Å². The van der Waals surface area contributed by atoms with Crippen LogP contribution in [0.3, 0.4) is 0 Å². The highest BCUT2D eigenvalue weighted by Gasteiger charge is 2.21. The molecule has 0 aliphatic rings. The van der Waals surface area contributed by atoms with E-state index >= 15 is 0 Å². The molecule has 29 heavy (non-hydrogen) atoms. The van der Waals surface area contributed by atoms with Crippen molar-refractivity contribution in [3.8, 4) is 17.2 Å². The molecular weight excluding hydrogens is 390 g/mol. The number of benzene rings is 3. The molecule has 0 unspecified atom stereocenters. The van der Waals surface area contributed by atoms with Crippen LogP contribution in [0.15, 0.2) is 71.6 Å². The summed E-state index contributed by atoms with van der Waals surface area (Å²) in [6.07, 6.45) is 0. The Morgan fingerprint density at radius 3 is 2.48 bits per heavy atom. The van der Waals surface area contributed by atoms with Crippen molar-refractivity contribution >= 4 is 21.5 Å². The lowest BCUT2D eigenvalue weighted by atomic mass is 10.2. The number of ether oxygens (including phenoxy) is 2. The van der Waals surface area contributed by atoms with Gasteiger partial charge < -0.3 is 15.2 Å². The molecule has 0 atom stereocenters. The second-order valence-corrected chi connectivity index (χ2v) is 7.95. The minimum Gasteiger partial charge on any atom is -0.495 e. The van der Waals surface area contributed by atoms with Gasteiger partial charge in [0, 0.05) is 5.56 Å². The summed E-state index contributed by atoms with van der Waals surface area (Å²) >= 11 is 0. The normalized spacial score (nSPS) is 11.0. The molecule has 0 aromatic heterocycles. The zero-order chi connectivity index (χ0) is 21.0. The van der Waals surface area contributed by atoms with Gasteiger partial charge in [-0.3, -0.25) is 10.1 Å². The molecular formula is C21H21N3O4S. The second-order valence-electron chi connectivity index (χ2n) is 6.30. The van der Waals surface area contributed by atoms with Crippen molar-refractivity contribution < 1.29 is 17.9 Å². The first kappa shape index (κ1) is 20.2. The third-order valence-corrected chi connectivity index (χ3v) is 5.52. The molecule has 0 aliphatic heterocycles. The van der Waals surface area contributed by atoms with Gasteiger partial charge in [0.05, 0.1) is 12.8 Å². The summed E-state index contributed by atoms with van der Waals surface area (Å²) in [6.45, 7) is 1.87. The average Bonchev–Trinajstić information content (AvgIpc) is 2.70. The van der Waals surface area contributed by atoms with Gasteiger partial charge >= 0.3 is 0 Å². The summed E-state index contributed by atoms with van der Waals surface area (Å²) in [4.78, 5) is 0.0209. The Kier molecular flexibility index (Phi) is 5.74. The quantitative estimate of drug-likeness (QED) is 0.403. The molecule has 3 aromatic rings. The van der Waals surface area contributed by atoms with Crippen LogP contribution in [0.4, 0.5) is 5.69 Å². The molecule has 7 nitrogen and oxygen atoms in total. The van der Waals surface area contributed by atoms with Gasteiger partial charge in [-0.1, -0.05) is 30.3 Å². The van der Waals surface area contributed by atoms with Crippen LogP contribution in [0, 0.1) is 12.3 Å². The van der Waals surface area contributed by atoms with Crippen LogP contribution in [0.1, 0.15) is 11.1 Å². The predicted octanol–water partition coefficient (Wildman–Crippen LogP) is 3.88. The minimum absolute atomic E-state index is 0.0209. The number of rotatable bonds is 7. The Balaban J connectivity index is 1.97. The van der Waals surface area contributed by atoms with Crippen LogP contribution in [0.2, 0.25) is 0 Å². The third kappa shape index (κ3) is 4.67. The van der Waals surface area contributed by atoms with Crippen LogP contribution in [-0.2, 0) is 10.0 Å². The van der Waals surface area contributed by atoms with Gasteiger partial charge in [0.15, 0.2) is 5.75 Å². The first-order valence-electron chi connectivity index (χ1n) is 8.69. The van der Waals surface area contributed by atoms with E-state index in [1.807, 2.05) is 6.92 Å². The fraction of sp³-hybridized carbons (Fsp3) is 0.0952. The van der Waals surface area contributed by atoms with Gasteiger partial charge in [-0.15, -0.1) is 0 Å². The van der Waals surface area contributed by atoms with Gasteiger partial charge in [0.25, 0.3) is 10.0 Å². The van der Waals surface area contributed by atoms with E-state index in [1.165, 1.54) is 13.2 Å². The molecule has 0 amide bonds. The summed E-state index contributed by atoms with van der Waals surface area (Å²) in [5.74, 6) is 0.908. The minimum atomic E-state index is -3.91. The largest absolute Gasteiger partial charge is 0.495 e. The molecule has 150 valence electrons. The summed E-state index contributed by atoms with van der Waals surface area (Å²) in [5.41, 5.74) is 7.20. The maximum Gasteiger partial charge on any atom is 0.265 e. The molecule has 0 saturated carbocycles. The molecule has 0 saturated heterocycles. The van der Waals surface area contributed by atoms with E-state index in [4.69, 9.17) is 20.6 Å². The van der Waals surface area contributed by atoms with Gasteiger partial charge in [-0.05, 0) is 48.9 Å². The number of nitrogens with one attached hydrogen (secondary N) is 2. The second kappa shape index (κ2) is 8.24. The predicted molar refractivity (Wildman–Crippen MR) is 113 cm³/mol. The highest BCUT2D eigenvalue weighted by Crippen LogP contribution is 2.34. The van der Waals surface area contributed by atoms with E-state index in [0.717, 1.165) is 5.56 Å². The summed E-state index contributed by atoms with van der Waals surface area (Å²) in [7, 11) is -2.50. The van der Waals surface area contributed by atoms with E-state index in [2.05, 4.69) is 4.72 Å². The Morgan fingerprint density at radius 1 is 1.00 bits per heavy atom. The Bertz CT molecular complexity index is 1160. The third-order valence-electron chi connectivity index (χ3n) is 4.11. The van der Waals surface area contributed by atoms with Gasteiger partial charge in [-0.25, -0.2) is 8.42 Å². The van der Waals surface area contributed by atoms with E-state index in [1.54, 1.807) is 60.7 Å². The molecule has 0 bridgehead atoms. The summed E-state index contributed by atoms with van der Waals surface area (Å²) < 4.78 is 39.5. The van der Waals surface area contributed by atoms with Crippen LogP contribution >= 0.6 is 0 Å². The summed E-state index contributed by atoms with van der Waals surface area (Å²) in [5, 5.41) is 7.56. The number of nitrogens with two attached hydrogens (primary N) is 1. The van der Waals surface area contributed by atoms with Crippen LogP contribution in [-0.4, -0.2) is 21.4 Å². The lowest BCUT2D eigenvalue weighted by Crippen LogP contribution is -2.14. The molecule has 0 heterocycles. The number of methoxy groups -OCH3 is 1. The fourth-order valence-electron chi connectivity index (χ4n) is 2.69. The van der Waals surface area contributed by atoms with Gasteiger partial charge in [0.1, 0.15) is 22.2 Å². The molecule has 3 aromatic carbocycles. The van der Waals surface area contributed by atoms with E-state index in [-0.39, 0.29) is 22.2 Å². The highest BCUT2D eigenvalue weighted by molar-refractivity contribution is 7.92. The first-order chi connectivity index (χ1) is 13.8. The van der Waals surface area contributed by atoms with Crippen molar-refractivity contribution in [2.24, 2.45) is 5.73 Å². The number of anilines is 1. The summed E-state index contributed by atoms with van der Waals surface area (Å²) in [6, 6.07) is 18.2. The van der Waals surface area contributed by atoms with E-state index in [9.17, 15) is 8.42 Å². The zero-order valence-electron chi connectivity index (χ0n) is 16.0. The van der Waals surface area contributed by atoms with Gasteiger partial charge in [-0.2, -0.15) is 0 Å².